The van der Waals surface area contributed by atoms with Crippen LogP contribution < -0.4 is 5.32 Å². The SMILES string of the molecule is O=C(Cn1c(Cc2ccccc2)nc2ccccc21)Nc1ccc(-n2cnnn2)cc1. The second kappa shape index (κ2) is 8.19. The Labute approximate surface area is 178 Å². The van der Waals surface area contributed by atoms with E-state index < -0.39 is 0 Å². The lowest BCUT2D eigenvalue weighted by Crippen LogP contribution is -2.20. The number of carbonyl (C=O) groups is 1. The summed E-state index contributed by atoms with van der Waals surface area (Å²) in [6, 6.07) is 25.4. The summed E-state index contributed by atoms with van der Waals surface area (Å²) >= 11 is 0. The van der Waals surface area contributed by atoms with Crippen molar-refractivity contribution in [2.24, 2.45) is 0 Å². The molecule has 0 bridgehead atoms. The standard InChI is InChI=1S/C23H19N7O/c31-23(25-18-10-12-19(13-11-18)30-16-24-27-28-30)15-29-21-9-5-4-8-20(21)26-22(29)14-17-6-2-1-3-7-17/h1-13,16H,14-15H2,(H,25,31). The quantitative estimate of drug-likeness (QED) is 0.465. The molecule has 2 aromatic heterocycles. The van der Waals surface area contributed by atoms with Gasteiger partial charge in [-0.15, -0.1) is 5.10 Å². The van der Waals surface area contributed by atoms with E-state index in [0.29, 0.717) is 12.1 Å². The van der Waals surface area contributed by atoms with Gasteiger partial charge in [-0.25, -0.2) is 9.67 Å². The van der Waals surface area contributed by atoms with Crippen molar-refractivity contribution in [2.45, 2.75) is 13.0 Å². The van der Waals surface area contributed by atoms with Gasteiger partial charge in [-0.05, 0) is 52.4 Å². The second-order valence-electron chi connectivity index (χ2n) is 7.11. The van der Waals surface area contributed by atoms with Gasteiger partial charge in [0.2, 0.25) is 5.91 Å². The Morgan fingerprint density at radius 2 is 1.68 bits per heavy atom. The Hall–Kier alpha value is -4.33. The average molecular weight is 409 g/mol. The number of tetrazole rings is 1. The van der Waals surface area contributed by atoms with E-state index in [9.17, 15) is 4.79 Å². The zero-order valence-corrected chi connectivity index (χ0v) is 16.6. The van der Waals surface area contributed by atoms with Crippen molar-refractivity contribution in [3.05, 3.63) is 96.6 Å². The lowest BCUT2D eigenvalue weighted by atomic mass is 10.1. The van der Waals surface area contributed by atoms with Crippen molar-refractivity contribution in [2.75, 3.05) is 5.32 Å². The van der Waals surface area contributed by atoms with Gasteiger partial charge in [-0.3, -0.25) is 4.79 Å². The third-order valence-electron chi connectivity index (χ3n) is 5.01. The van der Waals surface area contributed by atoms with E-state index in [2.05, 4.69) is 33.0 Å². The highest BCUT2D eigenvalue weighted by Gasteiger charge is 2.14. The third-order valence-corrected chi connectivity index (χ3v) is 5.01. The van der Waals surface area contributed by atoms with Crippen LogP contribution in [0.5, 0.6) is 0 Å². The maximum Gasteiger partial charge on any atom is 0.244 e. The molecule has 8 nitrogen and oxygen atoms in total. The topological polar surface area (TPSA) is 90.5 Å². The first-order valence-corrected chi connectivity index (χ1v) is 9.87. The molecule has 0 aliphatic heterocycles. The van der Waals surface area contributed by atoms with E-state index in [1.807, 2.05) is 71.3 Å². The number of carbonyl (C=O) groups excluding carboxylic acids is 1. The maximum absolute atomic E-state index is 12.8. The van der Waals surface area contributed by atoms with E-state index in [1.54, 1.807) is 4.68 Å². The molecule has 0 fully saturated rings. The number of rotatable bonds is 6. The van der Waals surface area contributed by atoms with Crippen LogP contribution >= 0.6 is 0 Å². The molecule has 5 aromatic rings. The maximum atomic E-state index is 12.8. The molecule has 0 spiro atoms. The van der Waals surface area contributed by atoms with Crippen LogP contribution in [-0.4, -0.2) is 35.7 Å². The first kappa shape index (κ1) is 18.7. The zero-order valence-electron chi connectivity index (χ0n) is 16.6. The molecule has 3 aromatic carbocycles. The van der Waals surface area contributed by atoms with Crippen molar-refractivity contribution < 1.29 is 4.79 Å². The summed E-state index contributed by atoms with van der Waals surface area (Å²) in [6.07, 6.45) is 2.18. The minimum Gasteiger partial charge on any atom is -0.325 e. The zero-order chi connectivity index (χ0) is 21.0. The Bertz CT molecular complexity index is 1310. The molecule has 0 saturated heterocycles. The van der Waals surface area contributed by atoms with Crippen LogP contribution in [0.4, 0.5) is 5.69 Å². The first-order chi connectivity index (χ1) is 15.3. The van der Waals surface area contributed by atoms with Crippen molar-refractivity contribution in [1.29, 1.82) is 0 Å². The van der Waals surface area contributed by atoms with Crippen LogP contribution in [0.1, 0.15) is 11.4 Å². The fourth-order valence-electron chi connectivity index (χ4n) is 3.54. The summed E-state index contributed by atoms with van der Waals surface area (Å²) in [5, 5.41) is 14.1. The highest BCUT2D eigenvalue weighted by atomic mass is 16.1. The van der Waals surface area contributed by atoms with Gasteiger partial charge in [-0.2, -0.15) is 0 Å². The van der Waals surface area contributed by atoms with Crippen molar-refractivity contribution in [3.63, 3.8) is 0 Å². The number of imidazole rings is 1. The molecule has 5 rings (SSSR count). The molecule has 152 valence electrons. The predicted octanol–water partition coefficient (Wildman–Crippen LogP) is 3.24. The molecule has 0 saturated carbocycles. The lowest BCUT2D eigenvalue weighted by molar-refractivity contribution is -0.116. The summed E-state index contributed by atoms with van der Waals surface area (Å²) in [7, 11) is 0. The number of para-hydroxylation sites is 2. The Morgan fingerprint density at radius 1 is 0.903 bits per heavy atom. The predicted molar refractivity (Wildman–Crippen MR) is 117 cm³/mol. The highest BCUT2D eigenvalue weighted by molar-refractivity contribution is 5.91. The third kappa shape index (κ3) is 4.04. The number of amides is 1. The summed E-state index contributed by atoms with van der Waals surface area (Å²) in [4.78, 5) is 17.6. The smallest absolute Gasteiger partial charge is 0.244 e. The van der Waals surface area contributed by atoms with Crippen LogP contribution in [0.15, 0.2) is 85.2 Å². The number of aromatic nitrogens is 6. The Morgan fingerprint density at radius 3 is 2.45 bits per heavy atom. The van der Waals surface area contributed by atoms with Gasteiger partial charge in [0.25, 0.3) is 0 Å². The number of nitrogens with zero attached hydrogens (tertiary/aromatic N) is 6. The normalized spacial score (nSPS) is 11.0. The van der Waals surface area contributed by atoms with Gasteiger partial charge in [-0.1, -0.05) is 42.5 Å². The average Bonchev–Trinajstić information content (AvgIpc) is 3.44. The fraction of sp³-hybridized carbons (Fsp3) is 0.0870. The molecule has 8 heteroatoms. The molecule has 31 heavy (non-hydrogen) atoms. The summed E-state index contributed by atoms with van der Waals surface area (Å²) in [5.74, 6) is 0.740. The van der Waals surface area contributed by atoms with Crippen LogP contribution in [0.3, 0.4) is 0 Å². The molecule has 0 aliphatic rings. The largest absolute Gasteiger partial charge is 0.325 e. The second-order valence-corrected chi connectivity index (χ2v) is 7.11. The van der Waals surface area contributed by atoms with Gasteiger partial charge in [0.05, 0.1) is 16.7 Å². The Balaban J connectivity index is 1.37. The molecule has 0 radical (unpaired) electrons. The number of hydrogen-bond acceptors (Lipinski definition) is 5. The lowest BCUT2D eigenvalue weighted by Gasteiger charge is -2.11. The van der Waals surface area contributed by atoms with E-state index in [0.717, 1.165) is 28.1 Å². The molecule has 0 aliphatic carbocycles. The van der Waals surface area contributed by atoms with Gasteiger partial charge >= 0.3 is 0 Å². The van der Waals surface area contributed by atoms with Crippen LogP contribution in [-0.2, 0) is 17.8 Å². The number of hydrogen-bond donors (Lipinski definition) is 1. The molecule has 2 heterocycles. The molecule has 0 unspecified atom stereocenters. The van der Waals surface area contributed by atoms with E-state index in [1.165, 1.54) is 6.33 Å². The van der Waals surface area contributed by atoms with Crippen LogP contribution in [0.2, 0.25) is 0 Å². The van der Waals surface area contributed by atoms with Gasteiger partial charge < -0.3 is 9.88 Å². The van der Waals surface area contributed by atoms with E-state index >= 15 is 0 Å². The molecule has 1 N–H and O–H groups in total. The minimum atomic E-state index is -0.118. The minimum absolute atomic E-state index is 0.118. The van der Waals surface area contributed by atoms with Gasteiger partial charge in [0.15, 0.2) is 0 Å². The summed E-state index contributed by atoms with van der Waals surface area (Å²) < 4.78 is 3.53. The molecular weight excluding hydrogens is 390 g/mol. The van der Waals surface area contributed by atoms with Crippen molar-refractivity contribution in [3.8, 4) is 5.69 Å². The number of fused-ring (bicyclic) bond motifs is 1. The molecule has 0 atom stereocenters. The monoisotopic (exact) mass is 409 g/mol. The van der Waals surface area contributed by atoms with E-state index in [-0.39, 0.29) is 12.5 Å². The fourth-order valence-corrected chi connectivity index (χ4v) is 3.54. The Kier molecular flexibility index (Phi) is 4.94. The first-order valence-electron chi connectivity index (χ1n) is 9.87. The number of benzene rings is 3. The summed E-state index contributed by atoms with van der Waals surface area (Å²) in [6.45, 7) is 0.178. The number of nitrogens with one attached hydrogen (secondary N) is 1. The van der Waals surface area contributed by atoms with Crippen LogP contribution in [0.25, 0.3) is 16.7 Å². The summed E-state index contributed by atoms with van der Waals surface area (Å²) in [5.41, 5.74) is 4.49. The van der Waals surface area contributed by atoms with E-state index in [4.69, 9.17) is 4.98 Å². The highest BCUT2D eigenvalue weighted by Crippen LogP contribution is 2.19. The van der Waals surface area contributed by atoms with Crippen LogP contribution in [0, 0.1) is 0 Å². The van der Waals surface area contributed by atoms with Crippen molar-refractivity contribution in [1.82, 2.24) is 29.8 Å². The molecular formula is C23H19N7O. The molecule has 1 amide bonds. The van der Waals surface area contributed by atoms with Crippen molar-refractivity contribution >= 4 is 22.6 Å². The number of anilines is 1. The van der Waals surface area contributed by atoms with Gasteiger partial charge in [0, 0.05) is 12.1 Å². The van der Waals surface area contributed by atoms with Gasteiger partial charge in [0.1, 0.15) is 18.7 Å².